The molecule has 16 heavy (non-hydrogen) atoms. The molecule has 0 fully saturated rings. The van der Waals surface area contributed by atoms with E-state index >= 15 is 0 Å². The molecule has 0 aliphatic heterocycles. The predicted octanol–water partition coefficient (Wildman–Crippen LogP) is 1.33. The number of phenols is 1. The molecule has 0 aliphatic carbocycles. The molecule has 0 heterocycles. The Morgan fingerprint density at radius 1 is 1.25 bits per heavy atom. The van der Waals surface area contributed by atoms with Gasteiger partial charge in [0.05, 0.1) is 6.42 Å². The largest absolute Gasteiger partial charge is 0.508 e. The summed E-state index contributed by atoms with van der Waals surface area (Å²) in [4.78, 5) is 21.6. The maximum absolute atomic E-state index is 11.2. The molecule has 0 saturated carbocycles. The lowest BCUT2D eigenvalue weighted by atomic mass is 10.2. The Hall–Kier alpha value is -2.30. The van der Waals surface area contributed by atoms with Crippen molar-refractivity contribution < 1.29 is 24.5 Å². The van der Waals surface area contributed by atoms with E-state index in [1.54, 1.807) is 0 Å². The number of rotatable bonds is 4. The lowest BCUT2D eigenvalue weighted by Crippen LogP contribution is -2.12. The van der Waals surface area contributed by atoms with Crippen molar-refractivity contribution in [1.29, 1.82) is 0 Å². The van der Waals surface area contributed by atoms with Gasteiger partial charge in [-0.2, -0.15) is 0 Å². The minimum Gasteiger partial charge on any atom is -0.508 e. The number of ether oxygens (including phenoxy) is 1. The molecule has 5 heteroatoms. The minimum atomic E-state index is -1.23. The molecule has 0 atom stereocenters. The number of benzene rings is 1. The van der Waals surface area contributed by atoms with Crippen LogP contribution in [0.2, 0.25) is 0 Å². The van der Waals surface area contributed by atoms with Gasteiger partial charge in [0.1, 0.15) is 11.5 Å². The molecule has 0 spiro atoms. The van der Waals surface area contributed by atoms with Crippen molar-refractivity contribution in [2.24, 2.45) is 0 Å². The van der Waals surface area contributed by atoms with Gasteiger partial charge in [-0.05, 0) is 24.3 Å². The summed E-state index contributed by atoms with van der Waals surface area (Å²) >= 11 is 0. The molecule has 1 aromatic carbocycles. The number of carboxylic acid groups (broad SMARTS) is 1. The fraction of sp³-hybridized carbons (Fsp3) is 0.0909. The molecule has 0 aromatic heterocycles. The van der Waals surface area contributed by atoms with Crippen LogP contribution in [0.15, 0.2) is 36.4 Å². The number of hydrogen-bond acceptors (Lipinski definition) is 4. The number of carboxylic acids is 1. The van der Waals surface area contributed by atoms with Crippen molar-refractivity contribution >= 4 is 11.9 Å². The molecule has 1 aromatic rings. The van der Waals surface area contributed by atoms with Crippen LogP contribution in [-0.2, 0) is 9.59 Å². The summed E-state index contributed by atoms with van der Waals surface area (Å²) < 4.78 is 4.82. The fourth-order valence-electron chi connectivity index (χ4n) is 0.932. The van der Waals surface area contributed by atoms with Crippen LogP contribution in [0.4, 0.5) is 0 Å². The summed E-state index contributed by atoms with van der Waals surface area (Å²) in [5.41, 5.74) is -0.233. The average Bonchev–Trinajstić information content (AvgIpc) is 2.21. The topological polar surface area (TPSA) is 83.8 Å². The van der Waals surface area contributed by atoms with E-state index < -0.39 is 11.9 Å². The van der Waals surface area contributed by atoms with E-state index in [0.717, 1.165) is 0 Å². The predicted molar refractivity (Wildman–Crippen MR) is 55.1 cm³/mol. The van der Waals surface area contributed by atoms with Crippen LogP contribution in [0.25, 0.3) is 0 Å². The summed E-state index contributed by atoms with van der Waals surface area (Å²) in [5.74, 6) is -1.66. The Morgan fingerprint density at radius 2 is 1.81 bits per heavy atom. The normalized spacial score (nSPS) is 9.50. The highest BCUT2D eigenvalue weighted by molar-refractivity contribution is 5.92. The summed E-state index contributed by atoms with van der Waals surface area (Å²) in [7, 11) is 0. The molecule has 0 bridgehead atoms. The lowest BCUT2D eigenvalue weighted by molar-refractivity contribution is -0.138. The third kappa shape index (κ3) is 3.45. The minimum absolute atomic E-state index is 0.0507. The van der Waals surface area contributed by atoms with Crippen LogP contribution in [0.5, 0.6) is 11.5 Å². The number of aliphatic carboxylic acids is 1. The van der Waals surface area contributed by atoms with Gasteiger partial charge in [0.2, 0.25) is 0 Å². The third-order valence-electron chi connectivity index (χ3n) is 1.73. The molecule has 1 rings (SSSR count). The first kappa shape index (κ1) is 11.8. The highest BCUT2D eigenvalue weighted by atomic mass is 16.5. The second-order valence-electron chi connectivity index (χ2n) is 3.05. The zero-order chi connectivity index (χ0) is 12.1. The summed E-state index contributed by atoms with van der Waals surface area (Å²) in [6, 6.07) is 5.51. The summed E-state index contributed by atoms with van der Waals surface area (Å²) in [6.07, 6.45) is -0.379. The van der Waals surface area contributed by atoms with Gasteiger partial charge < -0.3 is 14.9 Å². The highest BCUT2D eigenvalue weighted by Gasteiger charge is 2.12. The maximum atomic E-state index is 11.2. The van der Waals surface area contributed by atoms with Crippen molar-refractivity contribution in [3.63, 3.8) is 0 Å². The number of carbonyl (C=O) groups excluding carboxylic acids is 1. The molecule has 0 amide bonds. The first-order valence-electron chi connectivity index (χ1n) is 4.40. The van der Waals surface area contributed by atoms with E-state index in [9.17, 15) is 9.59 Å². The Bertz CT molecular complexity index is 419. The van der Waals surface area contributed by atoms with Gasteiger partial charge in [-0.15, -0.1) is 0 Å². The van der Waals surface area contributed by atoms with Crippen molar-refractivity contribution in [2.75, 3.05) is 0 Å². The van der Waals surface area contributed by atoms with Crippen LogP contribution in [0.1, 0.15) is 6.42 Å². The van der Waals surface area contributed by atoms with Crippen LogP contribution >= 0.6 is 0 Å². The molecule has 0 radical (unpaired) electrons. The molecule has 5 nitrogen and oxygen atoms in total. The van der Waals surface area contributed by atoms with Crippen LogP contribution in [0, 0.1) is 0 Å². The second kappa shape index (κ2) is 4.97. The Labute approximate surface area is 91.6 Å². The van der Waals surface area contributed by atoms with Crippen LogP contribution < -0.4 is 4.74 Å². The van der Waals surface area contributed by atoms with Gasteiger partial charge in [-0.25, -0.2) is 4.79 Å². The fourth-order valence-corrected chi connectivity index (χ4v) is 0.932. The standard InChI is InChI=1S/C11H10O5/c1-7(11(14)15)6-10(13)16-9-4-2-8(12)3-5-9/h2-5,12H,1,6H2,(H,14,15). The molecule has 0 unspecified atom stereocenters. The van der Waals surface area contributed by atoms with Gasteiger partial charge >= 0.3 is 11.9 Å². The number of esters is 1. The maximum Gasteiger partial charge on any atom is 0.331 e. The summed E-state index contributed by atoms with van der Waals surface area (Å²) in [5, 5.41) is 17.5. The monoisotopic (exact) mass is 222 g/mol. The number of aromatic hydroxyl groups is 1. The SMILES string of the molecule is C=C(CC(=O)Oc1ccc(O)cc1)C(=O)O. The molecule has 0 aliphatic rings. The number of phenolic OH excluding ortho intramolecular Hbond substituents is 1. The van der Waals surface area contributed by atoms with Gasteiger partial charge in [0, 0.05) is 5.57 Å². The zero-order valence-corrected chi connectivity index (χ0v) is 8.34. The van der Waals surface area contributed by atoms with Crippen molar-refractivity contribution in [1.82, 2.24) is 0 Å². The van der Waals surface area contributed by atoms with Crippen molar-refractivity contribution in [2.45, 2.75) is 6.42 Å². The van der Waals surface area contributed by atoms with E-state index in [0.29, 0.717) is 0 Å². The van der Waals surface area contributed by atoms with Gasteiger partial charge in [-0.1, -0.05) is 6.58 Å². The Morgan fingerprint density at radius 3 is 2.31 bits per heavy atom. The average molecular weight is 222 g/mol. The number of hydrogen-bond donors (Lipinski definition) is 2. The van der Waals surface area contributed by atoms with E-state index in [4.69, 9.17) is 14.9 Å². The molecule has 84 valence electrons. The molecule has 2 N–H and O–H groups in total. The molecular formula is C11H10O5. The third-order valence-corrected chi connectivity index (χ3v) is 1.73. The van der Waals surface area contributed by atoms with Crippen molar-refractivity contribution in [3.8, 4) is 11.5 Å². The second-order valence-corrected chi connectivity index (χ2v) is 3.05. The summed E-state index contributed by atoms with van der Waals surface area (Å²) in [6.45, 7) is 3.21. The van der Waals surface area contributed by atoms with Crippen LogP contribution in [-0.4, -0.2) is 22.2 Å². The van der Waals surface area contributed by atoms with E-state index in [-0.39, 0.29) is 23.5 Å². The smallest absolute Gasteiger partial charge is 0.331 e. The van der Waals surface area contributed by atoms with Crippen LogP contribution in [0.3, 0.4) is 0 Å². The van der Waals surface area contributed by atoms with E-state index in [1.165, 1.54) is 24.3 Å². The lowest BCUT2D eigenvalue weighted by Gasteiger charge is -2.03. The quantitative estimate of drug-likeness (QED) is 0.456. The van der Waals surface area contributed by atoms with Gasteiger partial charge in [0.15, 0.2) is 0 Å². The van der Waals surface area contributed by atoms with Gasteiger partial charge in [-0.3, -0.25) is 4.79 Å². The molecule has 0 saturated heterocycles. The first-order chi connectivity index (χ1) is 7.49. The molecular weight excluding hydrogens is 212 g/mol. The van der Waals surface area contributed by atoms with E-state index in [2.05, 4.69) is 6.58 Å². The van der Waals surface area contributed by atoms with Gasteiger partial charge in [0.25, 0.3) is 0 Å². The number of carbonyl (C=O) groups is 2. The van der Waals surface area contributed by atoms with Crippen molar-refractivity contribution in [3.05, 3.63) is 36.4 Å². The Balaban J connectivity index is 2.55. The van der Waals surface area contributed by atoms with E-state index in [1.807, 2.05) is 0 Å². The highest BCUT2D eigenvalue weighted by Crippen LogP contribution is 2.16. The first-order valence-corrected chi connectivity index (χ1v) is 4.40. The zero-order valence-electron chi connectivity index (χ0n) is 8.34. The Kier molecular flexibility index (Phi) is 3.66.